The van der Waals surface area contributed by atoms with Crippen molar-refractivity contribution in [3.05, 3.63) is 58.7 Å². The standard InChI is InChI=1S/C33H40N2O5/c1-35(17-20-3-4-20)14-13-32-27-23-9-10-25(36)28(27)40-30(32)33(38-2)12-11-31(32,26(35)15-23)16-24(33)19-39-18-21-5-7-22(8-6-21)29(34)37/h5-10,20,24,26,30H,3-4,11-19H2,1-2H3,(H2-,34,36,37)/p+1/t24-,26-,30-,31-,32+,33-,35?/m1/s1. The van der Waals surface area contributed by atoms with Crippen LogP contribution in [0.25, 0.3) is 0 Å². The molecule has 7 nitrogen and oxygen atoms in total. The summed E-state index contributed by atoms with van der Waals surface area (Å²) in [5.74, 6) is 1.64. The van der Waals surface area contributed by atoms with Gasteiger partial charge in [0.1, 0.15) is 11.7 Å². The van der Waals surface area contributed by atoms with Crippen molar-refractivity contribution in [1.29, 1.82) is 0 Å². The highest BCUT2D eigenvalue weighted by molar-refractivity contribution is 5.92. The van der Waals surface area contributed by atoms with Crippen molar-refractivity contribution in [3.8, 4) is 11.5 Å². The molecule has 5 fully saturated rings. The number of benzene rings is 2. The van der Waals surface area contributed by atoms with Crippen molar-refractivity contribution in [2.75, 3.05) is 33.9 Å². The van der Waals surface area contributed by atoms with E-state index in [1.165, 1.54) is 37.1 Å². The molecule has 1 unspecified atom stereocenters. The topological polar surface area (TPSA) is 91.0 Å². The zero-order valence-corrected chi connectivity index (χ0v) is 23.7. The Morgan fingerprint density at radius 1 is 1.15 bits per heavy atom. The fourth-order valence-electron chi connectivity index (χ4n) is 10.5. The normalized spacial score (nSPS) is 40.0. The molecule has 4 bridgehead atoms. The molecule has 1 saturated heterocycles. The summed E-state index contributed by atoms with van der Waals surface area (Å²) < 4.78 is 21.1. The number of rotatable bonds is 8. The number of amides is 1. The van der Waals surface area contributed by atoms with Gasteiger partial charge in [0.05, 0.1) is 44.8 Å². The van der Waals surface area contributed by atoms with Gasteiger partial charge in [-0.25, -0.2) is 0 Å². The van der Waals surface area contributed by atoms with Gasteiger partial charge in [-0.05, 0) is 61.4 Å². The molecule has 7 heteroatoms. The molecule has 4 saturated carbocycles. The number of carbonyl (C=O) groups is 1. The zero-order chi connectivity index (χ0) is 27.5. The van der Waals surface area contributed by atoms with Crippen LogP contribution in [-0.2, 0) is 27.9 Å². The monoisotopic (exact) mass is 545 g/mol. The van der Waals surface area contributed by atoms with Crippen LogP contribution in [0.2, 0.25) is 0 Å². The van der Waals surface area contributed by atoms with Crippen molar-refractivity contribution in [1.82, 2.24) is 0 Å². The number of fused-ring (bicyclic) bond motifs is 2. The van der Waals surface area contributed by atoms with Gasteiger partial charge in [0.2, 0.25) is 5.91 Å². The quantitative estimate of drug-likeness (QED) is 0.488. The van der Waals surface area contributed by atoms with E-state index in [0.717, 1.165) is 53.8 Å². The van der Waals surface area contributed by atoms with Gasteiger partial charge in [0.25, 0.3) is 0 Å². The molecule has 3 N–H and O–H groups in total. The summed E-state index contributed by atoms with van der Waals surface area (Å²) in [6.07, 6.45) is 7.96. The lowest BCUT2D eigenvalue weighted by atomic mass is 9.34. The highest BCUT2D eigenvalue weighted by Crippen LogP contribution is 2.77. The van der Waals surface area contributed by atoms with Gasteiger partial charge in [-0.3, -0.25) is 4.79 Å². The van der Waals surface area contributed by atoms with Gasteiger partial charge in [0.15, 0.2) is 11.5 Å². The van der Waals surface area contributed by atoms with Gasteiger partial charge in [-0.1, -0.05) is 18.2 Å². The van der Waals surface area contributed by atoms with E-state index in [0.29, 0.717) is 24.8 Å². The number of nitrogens with zero attached hydrogens (tertiary/aromatic N) is 1. The van der Waals surface area contributed by atoms with E-state index in [9.17, 15) is 9.90 Å². The van der Waals surface area contributed by atoms with Crippen molar-refractivity contribution in [2.45, 2.75) is 74.7 Å². The minimum absolute atomic E-state index is 0.100. The number of nitrogens with two attached hydrogens (primary N) is 1. The Labute approximate surface area is 236 Å². The molecule has 1 amide bonds. The van der Waals surface area contributed by atoms with Crippen LogP contribution >= 0.6 is 0 Å². The number of quaternary nitrogens is 1. The summed E-state index contributed by atoms with van der Waals surface area (Å²) in [6.45, 7) is 3.52. The van der Waals surface area contributed by atoms with E-state index in [4.69, 9.17) is 19.9 Å². The number of carbonyl (C=O) groups excluding carboxylic acids is 1. The number of likely N-dealkylation sites (N-methyl/N-ethyl adjacent to an activating group) is 1. The number of phenols is 1. The van der Waals surface area contributed by atoms with E-state index in [-0.39, 0.29) is 28.6 Å². The maximum atomic E-state index is 11.5. The predicted molar refractivity (Wildman–Crippen MR) is 149 cm³/mol. The van der Waals surface area contributed by atoms with Crippen LogP contribution < -0.4 is 10.5 Å². The number of phenolic OH excluding ortho intramolecular Hbond substituents is 1. The Bertz CT molecular complexity index is 1390. The summed E-state index contributed by atoms with van der Waals surface area (Å²) in [5, 5.41) is 11.0. The molecule has 2 aliphatic heterocycles. The number of hydrogen-bond acceptors (Lipinski definition) is 5. The molecule has 5 aliphatic carbocycles. The molecule has 7 atom stereocenters. The molecule has 0 aromatic heterocycles. The lowest BCUT2D eigenvalue weighted by Crippen LogP contribution is -2.83. The Kier molecular flexibility index (Phi) is 5.17. The van der Waals surface area contributed by atoms with Crippen LogP contribution in [0.15, 0.2) is 36.4 Å². The Balaban J connectivity index is 1.17. The smallest absolute Gasteiger partial charge is 0.248 e. The highest BCUT2D eigenvalue weighted by atomic mass is 16.6. The van der Waals surface area contributed by atoms with Crippen LogP contribution in [0.3, 0.4) is 0 Å². The van der Waals surface area contributed by atoms with E-state index >= 15 is 0 Å². The van der Waals surface area contributed by atoms with Crippen LogP contribution in [0, 0.1) is 17.3 Å². The lowest BCUT2D eigenvalue weighted by Gasteiger charge is -2.74. The van der Waals surface area contributed by atoms with Crippen molar-refractivity contribution >= 4 is 5.91 Å². The van der Waals surface area contributed by atoms with Crippen LogP contribution in [0.1, 0.15) is 65.6 Å². The van der Waals surface area contributed by atoms with Gasteiger partial charge in [-0.2, -0.15) is 0 Å². The molecule has 0 radical (unpaired) electrons. The molecule has 2 heterocycles. The third-order valence-corrected chi connectivity index (χ3v) is 12.3. The molecule has 7 aliphatic rings. The first kappa shape index (κ1) is 25.1. The SMILES string of the molecule is CO[C@]12CC[C@@]3(C[C@@H]1COCc1ccc(C(N)=O)cc1)[C@H]1Cc4ccc(O)c5c4[C@@]3(CC[N+]1(C)CC1CC1)[C@H]2O5. The third-order valence-electron chi connectivity index (χ3n) is 12.3. The van der Waals surface area contributed by atoms with Crippen molar-refractivity contribution in [2.24, 2.45) is 23.0 Å². The first-order chi connectivity index (χ1) is 19.3. The molecule has 212 valence electrons. The van der Waals surface area contributed by atoms with Crippen LogP contribution in [0.5, 0.6) is 11.5 Å². The molecule has 40 heavy (non-hydrogen) atoms. The van der Waals surface area contributed by atoms with E-state index in [2.05, 4.69) is 13.1 Å². The number of likely N-dealkylation sites (tertiary alicyclic amines) is 1. The lowest BCUT2D eigenvalue weighted by molar-refractivity contribution is -0.952. The van der Waals surface area contributed by atoms with Crippen LogP contribution in [0.4, 0.5) is 0 Å². The number of piperidine rings is 1. The second-order valence-corrected chi connectivity index (χ2v) is 14.0. The molecule has 2 aromatic carbocycles. The number of ether oxygens (including phenoxy) is 3. The first-order valence-electron chi connectivity index (χ1n) is 15.1. The van der Waals surface area contributed by atoms with Crippen molar-refractivity contribution < 1.29 is 28.6 Å². The average Bonchev–Trinajstić information content (AvgIpc) is 3.68. The summed E-state index contributed by atoms with van der Waals surface area (Å²) in [4.78, 5) is 11.5. The van der Waals surface area contributed by atoms with Gasteiger partial charge >= 0.3 is 0 Å². The van der Waals surface area contributed by atoms with E-state index in [1.807, 2.05) is 25.3 Å². The van der Waals surface area contributed by atoms with Gasteiger partial charge in [0, 0.05) is 48.3 Å². The number of methoxy groups -OCH3 is 1. The van der Waals surface area contributed by atoms with E-state index < -0.39 is 11.5 Å². The Morgan fingerprint density at radius 3 is 2.67 bits per heavy atom. The first-order valence-corrected chi connectivity index (χ1v) is 15.1. The fourth-order valence-corrected chi connectivity index (χ4v) is 10.5. The minimum Gasteiger partial charge on any atom is -0.504 e. The Hall–Kier alpha value is -2.61. The summed E-state index contributed by atoms with van der Waals surface area (Å²) >= 11 is 0. The largest absolute Gasteiger partial charge is 0.504 e. The minimum atomic E-state index is -0.459. The number of aromatic hydroxyl groups is 1. The molecule has 9 rings (SSSR count). The van der Waals surface area contributed by atoms with Crippen LogP contribution in [-0.4, -0.2) is 67.1 Å². The number of primary amides is 1. The molecular formula is C33H41N2O5+. The second-order valence-electron chi connectivity index (χ2n) is 14.0. The van der Waals surface area contributed by atoms with Crippen molar-refractivity contribution in [3.63, 3.8) is 0 Å². The third kappa shape index (κ3) is 3.04. The fraction of sp³-hybridized carbons (Fsp3) is 0.606. The number of hydrogen-bond donors (Lipinski definition) is 2. The maximum Gasteiger partial charge on any atom is 0.248 e. The van der Waals surface area contributed by atoms with Gasteiger partial charge in [-0.15, -0.1) is 0 Å². The molecule has 2 spiro atoms. The highest BCUT2D eigenvalue weighted by Gasteiger charge is 2.83. The van der Waals surface area contributed by atoms with Gasteiger partial charge < -0.3 is 29.5 Å². The maximum absolute atomic E-state index is 11.5. The molecule has 2 aromatic rings. The second kappa shape index (κ2) is 8.24. The summed E-state index contributed by atoms with van der Waals surface area (Å²) in [7, 11) is 4.39. The zero-order valence-electron chi connectivity index (χ0n) is 23.7. The van der Waals surface area contributed by atoms with E-state index in [1.54, 1.807) is 12.1 Å². The molecular weight excluding hydrogens is 504 g/mol. The summed E-state index contributed by atoms with van der Waals surface area (Å²) in [5.41, 5.74) is 9.16. The average molecular weight is 546 g/mol. The predicted octanol–water partition coefficient (Wildman–Crippen LogP) is 4.08. The summed E-state index contributed by atoms with van der Waals surface area (Å²) in [6, 6.07) is 11.9. The Morgan fingerprint density at radius 2 is 1.95 bits per heavy atom.